The number of carboxylic acids is 1. The van der Waals surface area contributed by atoms with Gasteiger partial charge in [0.05, 0.1) is 29.9 Å². The predicted molar refractivity (Wildman–Crippen MR) is 110 cm³/mol. The van der Waals surface area contributed by atoms with E-state index in [0.29, 0.717) is 11.4 Å². The van der Waals surface area contributed by atoms with Gasteiger partial charge in [-0.2, -0.15) is 0 Å². The maximum Gasteiger partial charge on any atom is 0.335 e. The van der Waals surface area contributed by atoms with Crippen LogP contribution in [0.15, 0.2) is 60.8 Å². The maximum absolute atomic E-state index is 11.0. The highest BCUT2D eigenvalue weighted by atomic mass is 16.5. The lowest BCUT2D eigenvalue weighted by Crippen LogP contribution is -2.66. The van der Waals surface area contributed by atoms with Gasteiger partial charge in [-0.1, -0.05) is 12.1 Å². The van der Waals surface area contributed by atoms with Crippen molar-refractivity contribution < 1.29 is 14.6 Å². The van der Waals surface area contributed by atoms with Gasteiger partial charge in [0.2, 0.25) is 5.95 Å². The Bertz CT molecular complexity index is 1040. The summed E-state index contributed by atoms with van der Waals surface area (Å²) in [5.41, 5.74) is 4.33. The van der Waals surface area contributed by atoms with Gasteiger partial charge in [-0.15, -0.1) is 0 Å². The second kappa shape index (κ2) is 6.86. The summed E-state index contributed by atoms with van der Waals surface area (Å²) in [6, 6.07) is 16.7. The van der Waals surface area contributed by atoms with E-state index in [1.165, 1.54) is 5.69 Å². The largest absolute Gasteiger partial charge is 0.478 e. The van der Waals surface area contributed by atoms with Crippen LogP contribution in [0.25, 0.3) is 11.3 Å². The Morgan fingerprint density at radius 2 is 1.76 bits per heavy atom. The molecule has 3 aromatic rings. The number of hydrogen-bond donors (Lipinski definition) is 2. The van der Waals surface area contributed by atoms with Gasteiger partial charge in [-0.25, -0.2) is 14.8 Å². The molecule has 1 spiro atoms. The van der Waals surface area contributed by atoms with E-state index >= 15 is 0 Å². The molecule has 2 fully saturated rings. The zero-order valence-corrected chi connectivity index (χ0v) is 15.7. The molecule has 0 saturated carbocycles. The lowest BCUT2D eigenvalue weighted by molar-refractivity contribution is -0.127. The molecule has 2 aromatic carbocycles. The Kier molecular flexibility index (Phi) is 4.17. The fourth-order valence-corrected chi connectivity index (χ4v) is 3.77. The monoisotopic (exact) mass is 388 g/mol. The fourth-order valence-electron chi connectivity index (χ4n) is 3.77. The topological polar surface area (TPSA) is 87.6 Å². The van der Waals surface area contributed by atoms with E-state index in [-0.39, 0.29) is 5.56 Å². The number of aromatic carboxylic acids is 1. The fraction of sp³-hybridized carbons (Fsp3) is 0.227. The summed E-state index contributed by atoms with van der Waals surface area (Å²) >= 11 is 0. The van der Waals surface area contributed by atoms with Crippen LogP contribution < -0.4 is 10.2 Å². The molecule has 0 amide bonds. The number of hydrogen-bond acceptors (Lipinski definition) is 6. The average Bonchev–Trinajstić information content (AvgIpc) is 2.67. The molecular formula is C22H20N4O3. The van der Waals surface area contributed by atoms with Gasteiger partial charge < -0.3 is 20.1 Å². The predicted octanol–water partition coefficient (Wildman–Crippen LogP) is 3.42. The van der Waals surface area contributed by atoms with E-state index < -0.39 is 5.97 Å². The molecule has 7 nitrogen and oxygen atoms in total. The molecule has 0 unspecified atom stereocenters. The van der Waals surface area contributed by atoms with Crippen molar-refractivity contribution in [2.24, 2.45) is 5.41 Å². The second-order valence-corrected chi connectivity index (χ2v) is 7.67. The number of carbonyl (C=O) groups is 1. The molecule has 3 heterocycles. The molecular weight excluding hydrogens is 368 g/mol. The number of rotatable bonds is 5. The van der Waals surface area contributed by atoms with Crippen LogP contribution in [-0.2, 0) is 4.74 Å². The van der Waals surface area contributed by atoms with Crippen LogP contribution in [0.4, 0.5) is 17.3 Å². The number of aromatic nitrogens is 2. The van der Waals surface area contributed by atoms with Gasteiger partial charge in [0, 0.05) is 36.2 Å². The summed E-state index contributed by atoms with van der Waals surface area (Å²) in [5.74, 6) is -0.452. The molecule has 7 heteroatoms. The third-order valence-electron chi connectivity index (χ3n) is 5.44. The lowest BCUT2D eigenvalue weighted by atomic mass is 9.78. The van der Waals surface area contributed by atoms with Crippen molar-refractivity contribution in [3.05, 3.63) is 66.4 Å². The molecule has 2 N–H and O–H groups in total. The summed E-state index contributed by atoms with van der Waals surface area (Å²) in [6.07, 6.45) is 1.68. The number of nitrogens with one attached hydrogen (secondary N) is 1. The van der Waals surface area contributed by atoms with Crippen molar-refractivity contribution >= 4 is 23.3 Å². The van der Waals surface area contributed by atoms with Crippen molar-refractivity contribution in [2.45, 2.75) is 0 Å². The summed E-state index contributed by atoms with van der Waals surface area (Å²) < 4.78 is 5.33. The molecule has 2 aliphatic rings. The third kappa shape index (κ3) is 3.40. The van der Waals surface area contributed by atoms with E-state index in [0.717, 1.165) is 43.2 Å². The van der Waals surface area contributed by atoms with Crippen LogP contribution in [-0.4, -0.2) is 47.3 Å². The Balaban J connectivity index is 1.27. The Labute approximate surface area is 168 Å². The number of carboxylic acid groups (broad SMARTS) is 1. The quantitative estimate of drug-likeness (QED) is 0.692. The normalized spacial score (nSPS) is 16.8. The van der Waals surface area contributed by atoms with Crippen molar-refractivity contribution in [1.82, 2.24) is 9.97 Å². The molecule has 0 aliphatic carbocycles. The molecule has 2 saturated heterocycles. The Morgan fingerprint density at radius 1 is 1.03 bits per heavy atom. The minimum Gasteiger partial charge on any atom is -0.478 e. The SMILES string of the molecule is O=C(O)c1ccc(-c2ccnc(Nc3ccc(N4CC5(COC5)C4)cc3)n2)cc1. The van der Waals surface area contributed by atoms with Gasteiger partial charge in [-0.3, -0.25) is 0 Å². The van der Waals surface area contributed by atoms with Gasteiger partial charge in [0.15, 0.2) is 0 Å². The molecule has 5 rings (SSSR count). The Hall–Kier alpha value is -3.45. The second-order valence-electron chi connectivity index (χ2n) is 7.67. The zero-order valence-electron chi connectivity index (χ0n) is 15.7. The molecule has 29 heavy (non-hydrogen) atoms. The van der Waals surface area contributed by atoms with Crippen LogP contribution >= 0.6 is 0 Å². The lowest BCUT2D eigenvalue weighted by Gasteiger charge is -2.56. The van der Waals surface area contributed by atoms with E-state index in [4.69, 9.17) is 9.84 Å². The van der Waals surface area contributed by atoms with Crippen molar-refractivity contribution in [3.63, 3.8) is 0 Å². The van der Waals surface area contributed by atoms with E-state index in [1.807, 2.05) is 12.1 Å². The molecule has 1 aromatic heterocycles. The van der Waals surface area contributed by atoms with Gasteiger partial charge in [0.1, 0.15) is 0 Å². The summed E-state index contributed by atoms with van der Waals surface area (Å²) in [5, 5.41) is 12.3. The summed E-state index contributed by atoms with van der Waals surface area (Å²) in [4.78, 5) is 22.2. The summed E-state index contributed by atoms with van der Waals surface area (Å²) in [6.45, 7) is 3.89. The average molecular weight is 388 g/mol. The number of benzene rings is 2. The van der Waals surface area contributed by atoms with Crippen LogP contribution in [0, 0.1) is 5.41 Å². The van der Waals surface area contributed by atoms with Crippen LogP contribution in [0.3, 0.4) is 0 Å². The first kappa shape index (κ1) is 17.6. The Morgan fingerprint density at radius 3 is 2.38 bits per heavy atom. The van der Waals surface area contributed by atoms with Crippen LogP contribution in [0.5, 0.6) is 0 Å². The zero-order chi connectivity index (χ0) is 19.8. The minimum atomic E-state index is -0.945. The smallest absolute Gasteiger partial charge is 0.335 e. The van der Waals surface area contributed by atoms with E-state index in [1.54, 1.807) is 36.5 Å². The maximum atomic E-state index is 11.0. The van der Waals surface area contributed by atoms with Gasteiger partial charge in [0.25, 0.3) is 0 Å². The third-order valence-corrected chi connectivity index (χ3v) is 5.44. The van der Waals surface area contributed by atoms with Crippen molar-refractivity contribution in [1.29, 1.82) is 0 Å². The first-order chi connectivity index (χ1) is 14.1. The number of nitrogens with zero attached hydrogens (tertiary/aromatic N) is 3. The number of anilines is 3. The first-order valence-electron chi connectivity index (χ1n) is 9.47. The molecule has 2 aliphatic heterocycles. The van der Waals surface area contributed by atoms with Gasteiger partial charge >= 0.3 is 5.97 Å². The molecule has 146 valence electrons. The highest BCUT2D eigenvalue weighted by molar-refractivity contribution is 5.88. The van der Waals surface area contributed by atoms with Crippen molar-refractivity contribution in [3.8, 4) is 11.3 Å². The van der Waals surface area contributed by atoms with Crippen molar-refractivity contribution in [2.75, 3.05) is 36.5 Å². The molecule has 0 bridgehead atoms. The highest BCUT2D eigenvalue weighted by Gasteiger charge is 2.48. The summed E-state index contributed by atoms with van der Waals surface area (Å²) in [7, 11) is 0. The first-order valence-corrected chi connectivity index (χ1v) is 9.47. The van der Waals surface area contributed by atoms with Crippen LogP contribution in [0.1, 0.15) is 10.4 Å². The standard InChI is InChI=1S/C22H20N4O3/c27-20(28)16-3-1-15(2-4-16)19-9-10-23-21(25-19)24-17-5-7-18(8-6-17)26-11-22(12-26)13-29-14-22/h1-10H,11-14H2,(H,27,28)(H,23,24,25). The molecule has 0 atom stereocenters. The van der Waals surface area contributed by atoms with E-state index in [9.17, 15) is 4.79 Å². The molecule has 0 radical (unpaired) electrons. The minimum absolute atomic E-state index is 0.249. The number of ether oxygens (including phenoxy) is 1. The highest BCUT2D eigenvalue weighted by Crippen LogP contribution is 2.40. The van der Waals surface area contributed by atoms with E-state index in [2.05, 4.69) is 32.3 Å². The van der Waals surface area contributed by atoms with Crippen LogP contribution in [0.2, 0.25) is 0 Å². The van der Waals surface area contributed by atoms with Gasteiger partial charge in [-0.05, 0) is 42.5 Å².